The van der Waals surface area contributed by atoms with Crippen LogP contribution in [0.15, 0.2) is 33.2 Å². The summed E-state index contributed by atoms with van der Waals surface area (Å²) in [6.07, 6.45) is 2.85. The van der Waals surface area contributed by atoms with Crippen molar-refractivity contribution in [3.8, 4) is 11.5 Å². The number of hydrogen-bond donors (Lipinski definition) is 2. The van der Waals surface area contributed by atoms with Crippen LogP contribution in [0.3, 0.4) is 0 Å². The molecule has 2 N–H and O–H groups in total. The Balaban J connectivity index is 2.24. The number of ether oxygens (including phenoxy) is 2. The summed E-state index contributed by atoms with van der Waals surface area (Å²) >= 11 is 3.30. The number of methoxy groups -OCH3 is 2. The van der Waals surface area contributed by atoms with Crippen molar-refractivity contribution in [3.63, 3.8) is 0 Å². The van der Waals surface area contributed by atoms with E-state index in [0.29, 0.717) is 16.8 Å². The second kappa shape index (κ2) is 7.45. The normalized spacial score (nSPS) is 15.3. The van der Waals surface area contributed by atoms with E-state index in [1.165, 1.54) is 20.3 Å². The van der Waals surface area contributed by atoms with E-state index in [2.05, 4.69) is 26.0 Å². The summed E-state index contributed by atoms with van der Waals surface area (Å²) in [6.45, 7) is 1.94. The van der Waals surface area contributed by atoms with Crippen LogP contribution in [0.4, 0.5) is 0 Å². The molecular weight excluding hydrogens is 372 g/mol. The molecule has 2 rings (SSSR count). The summed E-state index contributed by atoms with van der Waals surface area (Å²) in [5, 5.41) is 3.19. The van der Waals surface area contributed by atoms with Crippen LogP contribution in [0, 0.1) is 0 Å². The van der Waals surface area contributed by atoms with Gasteiger partial charge in [-0.3, -0.25) is 0 Å². The van der Waals surface area contributed by atoms with Crippen LogP contribution in [0.1, 0.15) is 6.42 Å². The van der Waals surface area contributed by atoms with E-state index in [-0.39, 0.29) is 10.6 Å². The number of halogens is 1. The maximum atomic E-state index is 12.5. The van der Waals surface area contributed by atoms with Crippen molar-refractivity contribution >= 4 is 26.0 Å². The third-order valence-electron chi connectivity index (χ3n) is 3.37. The summed E-state index contributed by atoms with van der Waals surface area (Å²) in [6, 6.07) is 3.03. The Morgan fingerprint density at radius 2 is 2.00 bits per heavy atom. The highest BCUT2D eigenvalue weighted by Gasteiger charge is 2.22. The van der Waals surface area contributed by atoms with E-state index in [1.54, 1.807) is 6.07 Å². The Labute approximate surface area is 139 Å². The van der Waals surface area contributed by atoms with Gasteiger partial charge in [-0.25, -0.2) is 13.1 Å². The minimum atomic E-state index is -3.67. The van der Waals surface area contributed by atoms with Crippen molar-refractivity contribution in [2.45, 2.75) is 11.3 Å². The molecular formula is C14H19BrN2O4S. The first-order chi connectivity index (χ1) is 10.5. The van der Waals surface area contributed by atoms with Gasteiger partial charge in [-0.05, 0) is 35.0 Å². The predicted octanol–water partition coefficient (Wildman–Crippen LogP) is 1.66. The summed E-state index contributed by atoms with van der Waals surface area (Å²) < 4.78 is 38.5. The monoisotopic (exact) mass is 390 g/mol. The molecule has 6 nitrogen and oxygen atoms in total. The van der Waals surface area contributed by atoms with Gasteiger partial charge in [0.2, 0.25) is 10.0 Å². The fourth-order valence-electron chi connectivity index (χ4n) is 2.14. The Bertz CT molecular complexity index is 674. The Morgan fingerprint density at radius 3 is 2.59 bits per heavy atom. The number of benzene rings is 1. The SMILES string of the molecule is COc1cc(OC)c(S(=O)(=O)NCC2=CCNCC2)cc1Br. The van der Waals surface area contributed by atoms with Gasteiger partial charge in [0.1, 0.15) is 16.4 Å². The van der Waals surface area contributed by atoms with Gasteiger partial charge in [0.25, 0.3) is 0 Å². The molecule has 22 heavy (non-hydrogen) atoms. The van der Waals surface area contributed by atoms with Crippen molar-refractivity contribution in [2.24, 2.45) is 0 Å². The van der Waals surface area contributed by atoms with Gasteiger partial charge in [-0.1, -0.05) is 11.6 Å². The van der Waals surface area contributed by atoms with Crippen molar-refractivity contribution in [1.82, 2.24) is 10.0 Å². The minimum absolute atomic E-state index is 0.0807. The van der Waals surface area contributed by atoms with Crippen molar-refractivity contribution < 1.29 is 17.9 Å². The van der Waals surface area contributed by atoms with Crippen LogP contribution in [0.5, 0.6) is 11.5 Å². The van der Waals surface area contributed by atoms with Gasteiger partial charge < -0.3 is 14.8 Å². The molecule has 0 radical (unpaired) electrons. The molecule has 1 aromatic rings. The van der Waals surface area contributed by atoms with Gasteiger partial charge in [-0.2, -0.15) is 0 Å². The molecule has 0 saturated carbocycles. The molecule has 1 aliphatic rings. The lowest BCUT2D eigenvalue weighted by molar-refractivity contribution is 0.384. The molecule has 0 saturated heterocycles. The van der Waals surface area contributed by atoms with E-state index in [0.717, 1.165) is 25.1 Å². The largest absolute Gasteiger partial charge is 0.495 e. The van der Waals surface area contributed by atoms with Gasteiger partial charge in [0.15, 0.2) is 0 Å². The number of rotatable bonds is 6. The maximum absolute atomic E-state index is 12.5. The summed E-state index contributed by atoms with van der Waals surface area (Å²) in [5.74, 6) is 0.753. The smallest absolute Gasteiger partial charge is 0.244 e. The minimum Gasteiger partial charge on any atom is -0.495 e. The zero-order chi connectivity index (χ0) is 16.2. The van der Waals surface area contributed by atoms with E-state index >= 15 is 0 Å². The van der Waals surface area contributed by atoms with Crippen LogP contribution < -0.4 is 19.5 Å². The van der Waals surface area contributed by atoms with Gasteiger partial charge >= 0.3 is 0 Å². The lowest BCUT2D eigenvalue weighted by Crippen LogP contribution is -2.30. The molecule has 0 spiro atoms. The van der Waals surface area contributed by atoms with Crippen molar-refractivity contribution in [2.75, 3.05) is 33.9 Å². The first kappa shape index (κ1) is 17.3. The quantitative estimate of drug-likeness (QED) is 0.722. The maximum Gasteiger partial charge on any atom is 0.244 e. The summed E-state index contributed by atoms with van der Waals surface area (Å²) in [5.41, 5.74) is 1.08. The number of nitrogens with one attached hydrogen (secondary N) is 2. The Hall–Kier alpha value is -1.09. The average molecular weight is 391 g/mol. The lowest BCUT2D eigenvalue weighted by atomic mass is 10.1. The third-order valence-corrected chi connectivity index (χ3v) is 5.42. The molecule has 0 aliphatic carbocycles. The first-order valence-corrected chi connectivity index (χ1v) is 9.05. The molecule has 0 unspecified atom stereocenters. The van der Waals surface area contributed by atoms with E-state index in [1.807, 2.05) is 6.08 Å². The highest BCUT2D eigenvalue weighted by Crippen LogP contribution is 2.35. The van der Waals surface area contributed by atoms with Crippen LogP contribution >= 0.6 is 15.9 Å². The average Bonchev–Trinajstić information content (AvgIpc) is 2.53. The second-order valence-electron chi connectivity index (χ2n) is 4.78. The topological polar surface area (TPSA) is 76.7 Å². The molecule has 1 heterocycles. The summed E-state index contributed by atoms with van der Waals surface area (Å²) in [7, 11) is -0.735. The van der Waals surface area contributed by atoms with E-state index in [9.17, 15) is 8.42 Å². The molecule has 0 atom stereocenters. The molecule has 0 bridgehead atoms. The zero-order valence-corrected chi connectivity index (χ0v) is 14.9. The first-order valence-electron chi connectivity index (χ1n) is 6.77. The molecule has 122 valence electrons. The van der Waals surface area contributed by atoms with Crippen LogP contribution in [0.25, 0.3) is 0 Å². The highest BCUT2D eigenvalue weighted by atomic mass is 79.9. The van der Waals surface area contributed by atoms with Gasteiger partial charge in [0, 0.05) is 19.2 Å². The molecule has 0 aromatic heterocycles. The van der Waals surface area contributed by atoms with E-state index in [4.69, 9.17) is 9.47 Å². The zero-order valence-electron chi connectivity index (χ0n) is 12.5. The third kappa shape index (κ3) is 4.01. The fourth-order valence-corrected chi connectivity index (χ4v) is 4.01. The molecule has 0 amide bonds. The van der Waals surface area contributed by atoms with Crippen LogP contribution in [-0.4, -0.2) is 42.3 Å². The standard InChI is InChI=1S/C14H19BrN2O4S/c1-20-12-8-13(21-2)14(7-11(12)15)22(18,19)17-9-10-3-5-16-6-4-10/h3,7-8,16-17H,4-6,9H2,1-2H3. The molecule has 0 fully saturated rings. The second-order valence-corrected chi connectivity index (χ2v) is 7.37. The highest BCUT2D eigenvalue weighted by molar-refractivity contribution is 9.10. The predicted molar refractivity (Wildman–Crippen MR) is 88.0 cm³/mol. The van der Waals surface area contributed by atoms with Gasteiger partial charge in [0.05, 0.1) is 18.7 Å². The lowest BCUT2D eigenvalue weighted by Gasteiger charge is -2.16. The number of hydrogen-bond acceptors (Lipinski definition) is 5. The van der Waals surface area contributed by atoms with Crippen LogP contribution in [-0.2, 0) is 10.0 Å². The molecule has 1 aromatic carbocycles. The molecule has 8 heteroatoms. The molecule has 1 aliphatic heterocycles. The van der Waals surface area contributed by atoms with Crippen molar-refractivity contribution in [1.29, 1.82) is 0 Å². The van der Waals surface area contributed by atoms with Crippen LogP contribution in [0.2, 0.25) is 0 Å². The Morgan fingerprint density at radius 1 is 1.27 bits per heavy atom. The van der Waals surface area contributed by atoms with E-state index < -0.39 is 10.0 Å². The van der Waals surface area contributed by atoms with Crippen molar-refractivity contribution in [3.05, 3.63) is 28.3 Å². The Kier molecular flexibility index (Phi) is 5.85. The summed E-state index contributed by atoms with van der Waals surface area (Å²) in [4.78, 5) is 0.0807. The van der Waals surface area contributed by atoms with Gasteiger partial charge in [-0.15, -0.1) is 0 Å². The fraction of sp³-hybridized carbons (Fsp3) is 0.429. The number of sulfonamides is 1.